The molecule has 0 radical (unpaired) electrons. The Kier molecular flexibility index (Phi) is 7.17. The second-order valence-electron chi connectivity index (χ2n) is 14.1. The SMILES string of the molecule is c1ccc(-c2ccc(-c3cc(-c4ccc(-c5cccc6oc7ccccc7c56)cc4)nc(-c4c5ccccc5cc5c4ccc4ccccc45)n3)cc2)cc1. The van der Waals surface area contributed by atoms with Gasteiger partial charge in [0.1, 0.15) is 11.2 Å². The van der Waals surface area contributed by atoms with Crippen LogP contribution in [0.5, 0.6) is 0 Å². The number of nitrogens with zero attached hydrogens (tertiary/aromatic N) is 2. The molecule has 0 aliphatic heterocycles. The van der Waals surface area contributed by atoms with E-state index in [0.717, 1.165) is 77.3 Å². The van der Waals surface area contributed by atoms with Crippen LogP contribution in [0, 0.1) is 0 Å². The first-order chi connectivity index (χ1) is 27.2. The van der Waals surface area contributed by atoms with Crippen molar-refractivity contribution in [1.29, 1.82) is 0 Å². The van der Waals surface area contributed by atoms with Crippen molar-refractivity contribution in [2.75, 3.05) is 0 Å². The third kappa shape index (κ3) is 5.28. The van der Waals surface area contributed by atoms with Crippen LogP contribution in [-0.2, 0) is 0 Å². The molecule has 0 saturated heterocycles. The molecular formula is C52H32N2O. The van der Waals surface area contributed by atoms with E-state index >= 15 is 0 Å². The Labute approximate surface area is 317 Å². The number of rotatable bonds is 5. The maximum atomic E-state index is 6.22. The van der Waals surface area contributed by atoms with Crippen LogP contribution < -0.4 is 0 Å². The fraction of sp³-hybridized carbons (Fsp3) is 0. The first kappa shape index (κ1) is 31.2. The monoisotopic (exact) mass is 700 g/mol. The molecule has 11 aromatic rings. The van der Waals surface area contributed by atoms with Gasteiger partial charge in [0.25, 0.3) is 0 Å². The maximum Gasteiger partial charge on any atom is 0.161 e. The molecule has 0 aliphatic carbocycles. The molecule has 0 unspecified atom stereocenters. The fourth-order valence-corrected chi connectivity index (χ4v) is 8.22. The van der Waals surface area contributed by atoms with E-state index in [1.165, 1.54) is 27.3 Å². The van der Waals surface area contributed by atoms with Gasteiger partial charge in [-0.05, 0) is 78.8 Å². The summed E-state index contributed by atoms with van der Waals surface area (Å²) < 4.78 is 6.22. The standard InChI is InChI=1S/C52H32N2O/c1-2-11-33(12-3-1)34-21-25-37(26-22-34)46-32-47(38-27-23-36(24-28-38)41-18-10-20-49-50(41)44-17-8-9-19-48(44)55-49)54-52(53-46)51-42-16-7-5-14-39(42)31-45-40-15-6-4-13-35(40)29-30-43(45)51/h1-32H. The van der Waals surface area contributed by atoms with Crippen LogP contribution in [0.2, 0.25) is 0 Å². The highest BCUT2D eigenvalue weighted by Crippen LogP contribution is 2.41. The molecule has 0 amide bonds. The highest BCUT2D eigenvalue weighted by Gasteiger charge is 2.18. The number of para-hydroxylation sites is 1. The first-order valence-electron chi connectivity index (χ1n) is 18.6. The van der Waals surface area contributed by atoms with Gasteiger partial charge < -0.3 is 4.42 Å². The van der Waals surface area contributed by atoms with Crippen molar-refractivity contribution in [3.63, 3.8) is 0 Å². The minimum atomic E-state index is 0.704. The maximum absolute atomic E-state index is 6.22. The van der Waals surface area contributed by atoms with Gasteiger partial charge in [0.05, 0.1) is 11.4 Å². The molecule has 256 valence electrons. The van der Waals surface area contributed by atoms with Gasteiger partial charge in [-0.25, -0.2) is 9.97 Å². The summed E-state index contributed by atoms with van der Waals surface area (Å²) in [4.78, 5) is 10.8. The molecule has 55 heavy (non-hydrogen) atoms. The highest BCUT2D eigenvalue weighted by molar-refractivity contribution is 6.19. The average Bonchev–Trinajstić information content (AvgIpc) is 3.65. The Balaban J connectivity index is 1.11. The van der Waals surface area contributed by atoms with Gasteiger partial charge in [0.2, 0.25) is 0 Å². The van der Waals surface area contributed by atoms with Crippen LogP contribution in [0.1, 0.15) is 0 Å². The van der Waals surface area contributed by atoms with Crippen LogP contribution in [0.25, 0.3) is 110 Å². The fourth-order valence-electron chi connectivity index (χ4n) is 8.22. The smallest absolute Gasteiger partial charge is 0.161 e. The van der Waals surface area contributed by atoms with Crippen molar-refractivity contribution >= 4 is 54.3 Å². The summed E-state index contributed by atoms with van der Waals surface area (Å²) in [7, 11) is 0. The minimum Gasteiger partial charge on any atom is -0.456 e. The van der Waals surface area contributed by atoms with Crippen LogP contribution in [-0.4, -0.2) is 9.97 Å². The van der Waals surface area contributed by atoms with Crippen LogP contribution in [0.4, 0.5) is 0 Å². The number of fused-ring (bicyclic) bond motifs is 7. The lowest BCUT2D eigenvalue weighted by molar-refractivity contribution is 0.669. The molecule has 3 nitrogen and oxygen atoms in total. The zero-order valence-electron chi connectivity index (χ0n) is 29.8. The third-order valence-corrected chi connectivity index (χ3v) is 10.9. The highest BCUT2D eigenvalue weighted by atomic mass is 16.3. The van der Waals surface area contributed by atoms with E-state index in [-0.39, 0.29) is 0 Å². The summed E-state index contributed by atoms with van der Waals surface area (Å²) in [5.74, 6) is 0.704. The molecule has 0 saturated carbocycles. The Morgan fingerprint density at radius 1 is 0.327 bits per heavy atom. The van der Waals surface area contributed by atoms with Crippen LogP contribution in [0.3, 0.4) is 0 Å². The van der Waals surface area contributed by atoms with Crippen molar-refractivity contribution in [3.8, 4) is 56.2 Å². The Bertz CT molecular complexity index is 3230. The summed E-state index contributed by atoms with van der Waals surface area (Å²) in [6.45, 7) is 0. The van der Waals surface area contributed by atoms with Gasteiger partial charge >= 0.3 is 0 Å². The summed E-state index contributed by atoms with van der Waals surface area (Å²) in [5, 5.41) is 9.30. The predicted octanol–water partition coefficient (Wildman–Crippen LogP) is 14.2. The summed E-state index contributed by atoms with van der Waals surface area (Å²) >= 11 is 0. The molecule has 9 aromatic carbocycles. The Morgan fingerprint density at radius 2 is 0.909 bits per heavy atom. The van der Waals surface area contributed by atoms with E-state index in [0.29, 0.717) is 5.82 Å². The van der Waals surface area contributed by atoms with Gasteiger partial charge in [-0.1, -0.05) is 170 Å². The molecule has 0 fully saturated rings. The Hall–Kier alpha value is -7.36. The normalized spacial score (nSPS) is 11.6. The van der Waals surface area contributed by atoms with Gasteiger partial charge in [0, 0.05) is 27.5 Å². The molecule has 0 atom stereocenters. The van der Waals surface area contributed by atoms with Crippen molar-refractivity contribution in [3.05, 3.63) is 194 Å². The van der Waals surface area contributed by atoms with E-state index < -0.39 is 0 Å². The number of aromatic nitrogens is 2. The van der Waals surface area contributed by atoms with Crippen LogP contribution in [0.15, 0.2) is 199 Å². The lowest BCUT2D eigenvalue weighted by Crippen LogP contribution is -1.98. The van der Waals surface area contributed by atoms with Crippen LogP contribution >= 0.6 is 0 Å². The molecule has 2 heterocycles. The molecule has 0 N–H and O–H groups in total. The zero-order chi connectivity index (χ0) is 36.3. The van der Waals surface area contributed by atoms with Crippen molar-refractivity contribution in [2.45, 2.75) is 0 Å². The van der Waals surface area contributed by atoms with E-state index in [1.807, 2.05) is 24.3 Å². The number of benzene rings is 9. The van der Waals surface area contributed by atoms with Crippen molar-refractivity contribution < 1.29 is 4.42 Å². The third-order valence-electron chi connectivity index (χ3n) is 10.9. The van der Waals surface area contributed by atoms with Crippen molar-refractivity contribution in [2.24, 2.45) is 0 Å². The second-order valence-corrected chi connectivity index (χ2v) is 14.1. The van der Waals surface area contributed by atoms with E-state index in [9.17, 15) is 0 Å². The molecule has 0 aliphatic rings. The summed E-state index contributed by atoms with van der Waals surface area (Å²) in [6.07, 6.45) is 0. The summed E-state index contributed by atoms with van der Waals surface area (Å²) in [6, 6.07) is 68.6. The van der Waals surface area contributed by atoms with Crippen molar-refractivity contribution in [1.82, 2.24) is 9.97 Å². The summed E-state index contributed by atoms with van der Waals surface area (Å²) in [5.41, 5.74) is 11.3. The molecule has 0 spiro atoms. The predicted molar refractivity (Wildman–Crippen MR) is 229 cm³/mol. The number of hydrogen-bond donors (Lipinski definition) is 0. The van der Waals surface area contributed by atoms with E-state index in [4.69, 9.17) is 14.4 Å². The number of furan rings is 1. The molecule has 3 heteroatoms. The largest absolute Gasteiger partial charge is 0.456 e. The molecule has 11 rings (SSSR count). The topological polar surface area (TPSA) is 38.9 Å². The van der Waals surface area contributed by atoms with Gasteiger partial charge in [0.15, 0.2) is 5.82 Å². The molecular weight excluding hydrogens is 669 g/mol. The van der Waals surface area contributed by atoms with E-state index in [1.54, 1.807) is 0 Å². The number of hydrogen-bond acceptors (Lipinski definition) is 3. The quantitative estimate of drug-likeness (QED) is 0.133. The lowest BCUT2D eigenvalue weighted by atomic mass is 9.92. The molecule has 0 bridgehead atoms. The lowest BCUT2D eigenvalue weighted by Gasteiger charge is -2.15. The van der Waals surface area contributed by atoms with E-state index in [2.05, 4.69) is 170 Å². The first-order valence-corrected chi connectivity index (χ1v) is 18.6. The van der Waals surface area contributed by atoms with Gasteiger partial charge in [-0.3, -0.25) is 0 Å². The Morgan fingerprint density at radius 3 is 1.67 bits per heavy atom. The second kappa shape index (κ2) is 12.6. The average molecular weight is 701 g/mol. The zero-order valence-corrected chi connectivity index (χ0v) is 29.8. The van der Waals surface area contributed by atoms with Gasteiger partial charge in [-0.15, -0.1) is 0 Å². The van der Waals surface area contributed by atoms with Gasteiger partial charge in [-0.2, -0.15) is 0 Å². The minimum absolute atomic E-state index is 0.704. The molecule has 2 aromatic heterocycles.